The Balaban J connectivity index is 2.67. The van der Waals surface area contributed by atoms with Gasteiger partial charge in [-0.05, 0) is 45.6 Å². The van der Waals surface area contributed by atoms with Crippen LogP contribution in [0.1, 0.15) is 66.2 Å². The van der Waals surface area contributed by atoms with Crippen LogP contribution >= 0.6 is 0 Å². The summed E-state index contributed by atoms with van der Waals surface area (Å²) in [5.41, 5.74) is 1.45. The number of nitrogens with one attached hydrogen (secondary N) is 2. The second-order valence-corrected chi connectivity index (χ2v) is 6.69. The first-order valence-corrected chi connectivity index (χ1v) is 8.47. The largest absolute Gasteiger partial charge is 0.459 e. The van der Waals surface area contributed by atoms with E-state index in [1.165, 1.54) is 0 Å². The normalized spacial score (nSPS) is 10.9. The summed E-state index contributed by atoms with van der Waals surface area (Å²) in [5.74, 6) is -1.04. The van der Waals surface area contributed by atoms with Gasteiger partial charge in [-0.15, -0.1) is 0 Å². The fraction of sp³-hybridized carbons (Fsp3) is 0.611. The van der Waals surface area contributed by atoms with Gasteiger partial charge >= 0.3 is 11.9 Å². The number of amides is 1. The SMILES string of the molecule is Cc1[nH]c(C(=O)OCC(=O)NCCC(C)C)c(C)c1C(=O)OC(C)C. The number of hydrogen-bond donors (Lipinski definition) is 2. The lowest BCUT2D eigenvalue weighted by Crippen LogP contribution is -2.30. The molecule has 0 bridgehead atoms. The molecule has 0 fully saturated rings. The Morgan fingerprint density at radius 1 is 1.08 bits per heavy atom. The van der Waals surface area contributed by atoms with E-state index in [1.54, 1.807) is 27.7 Å². The van der Waals surface area contributed by atoms with Gasteiger partial charge in [-0.1, -0.05) is 13.8 Å². The molecule has 0 aromatic carbocycles. The Kier molecular flexibility index (Phi) is 7.67. The lowest BCUT2D eigenvalue weighted by atomic mass is 10.1. The first-order valence-electron chi connectivity index (χ1n) is 8.47. The second-order valence-electron chi connectivity index (χ2n) is 6.69. The van der Waals surface area contributed by atoms with Crippen molar-refractivity contribution in [1.82, 2.24) is 10.3 Å². The summed E-state index contributed by atoms with van der Waals surface area (Å²) in [5, 5.41) is 2.69. The Morgan fingerprint density at radius 2 is 1.72 bits per heavy atom. The zero-order valence-corrected chi connectivity index (χ0v) is 15.8. The van der Waals surface area contributed by atoms with Gasteiger partial charge in [0.1, 0.15) is 5.69 Å². The van der Waals surface area contributed by atoms with Crippen molar-refractivity contribution in [3.8, 4) is 0 Å². The molecule has 0 radical (unpaired) electrons. The molecule has 0 unspecified atom stereocenters. The smallest absolute Gasteiger partial charge is 0.355 e. The van der Waals surface area contributed by atoms with E-state index in [-0.39, 0.29) is 24.3 Å². The maximum atomic E-state index is 12.2. The van der Waals surface area contributed by atoms with Gasteiger partial charge in [-0.2, -0.15) is 0 Å². The van der Waals surface area contributed by atoms with E-state index < -0.39 is 11.9 Å². The minimum Gasteiger partial charge on any atom is -0.459 e. The zero-order chi connectivity index (χ0) is 19.1. The number of hydrogen-bond acceptors (Lipinski definition) is 5. The van der Waals surface area contributed by atoms with Crippen LogP contribution in [0, 0.1) is 19.8 Å². The summed E-state index contributed by atoms with van der Waals surface area (Å²) in [6, 6.07) is 0. The lowest BCUT2D eigenvalue weighted by molar-refractivity contribution is -0.124. The minimum absolute atomic E-state index is 0.156. The first-order chi connectivity index (χ1) is 11.6. The monoisotopic (exact) mass is 352 g/mol. The van der Waals surface area contributed by atoms with E-state index in [4.69, 9.17) is 9.47 Å². The highest BCUT2D eigenvalue weighted by molar-refractivity contribution is 5.99. The Labute approximate surface area is 148 Å². The molecule has 1 amide bonds. The van der Waals surface area contributed by atoms with Crippen molar-refractivity contribution in [2.45, 2.75) is 54.1 Å². The average Bonchev–Trinajstić information content (AvgIpc) is 2.78. The average molecular weight is 352 g/mol. The van der Waals surface area contributed by atoms with Crippen LogP contribution in [-0.4, -0.2) is 42.1 Å². The van der Waals surface area contributed by atoms with E-state index in [2.05, 4.69) is 24.1 Å². The van der Waals surface area contributed by atoms with Gasteiger partial charge < -0.3 is 19.8 Å². The molecule has 0 aliphatic heterocycles. The van der Waals surface area contributed by atoms with Gasteiger partial charge in [-0.3, -0.25) is 4.79 Å². The second kappa shape index (κ2) is 9.25. The van der Waals surface area contributed by atoms with Gasteiger partial charge in [-0.25, -0.2) is 9.59 Å². The molecule has 7 nitrogen and oxygen atoms in total. The molecule has 1 heterocycles. The summed E-state index contributed by atoms with van der Waals surface area (Å²) in [6.45, 7) is 11.1. The molecule has 0 aliphatic carbocycles. The molecule has 1 aromatic rings. The molecule has 25 heavy (non-hydrogen) atoms. The van der Waals surface area contributed by atoms with Gasteiger partial charge in [0.2, 0.25) is 0 Å². The van der Waals surface area contributed by atoms with Crippen molar-refractivity contribution in [2.24, 2.45) is 5.92 Å². The number of carbonyl (C=O) groups is 3. The Morgan fingerprint density at radius 3 is 2.28 bits per heavy atom. The number of carbonyl (C=O) groups excluding carboxylic acids is 3. The highest BCUT2D eigenvalue weighted by Crippen LogP contribution is 2.20. The van der Waals surface area contributed by atoms with E-state index in [0.29, 0.717) is 29.3 Å². The fourth-order valence-corrected chi connectivity index (χ4v) is 2.29. The highest BCUT2D eigenvalue weighted by atomic mass is 16.5. The predicted octanol–water partition coefficient (Wildman–Crippen LogP) is 2.52. The van der Waals surface area contributed by atoms with Crippen LogP contribution in [0.15, 0.2) is 0 Å². The minimum atomic E-state index is -0.678. The number of aromatic amines is 1. The fourth-order valence-electron chi connectivity index (χ4n) is 2.29. The number of esters is 2. The number of aromatic nitrogens is 1. The third-order valence-corrected chi connectivity index (χ3v) is 3.57. The van der Waals surface area contributed by atoms with Crippen molar-refractivity contribution in [3.63, 3.8) is 0 Å². The molecule has 7 heteroatoms. The summed E-state index contributed by atoms with van der Waals surface area (Å²) in [7, 11) is 0. The maximum Gasteiger partial charge on any atom is 0.355 e. The molecule has 0 saturated carbocycles. The third-order valence-electron chi connectivity index (χ3n) is 3.57. The molecule has 2 N–H and O–H groups in total. The van der Waals surface area contributed by atoms with Crippen molar-refractivity contribution >= 4 is 17.8 Å². The van der Waals surface area contributed by atoms with Gasteiger partial charge in [0.15, 0.2) is 6.61 Å². The van der Waals surface area contributed by atoms with E-state index >= 15 is 0 Å². The summed E-state index contributed by atoms with van der Waals surface area (Å²) in [6.07, 6.45) is 0.599. The van der Waals surface area contributed by atoms with Gasteiger partial charge in [0.25, 0.3) is 5.91 Å². The summed E-state index contributed by atoms with van der Waals surface area (Å²) in [4.78, 5) is 38.8. The van der Waals surface area contributed by atoms with Crippen molar-refractivity contribution in [2.75, 3.05) is 13.2 Å². The molecule has 0 atom stereocenters. The predicted molar refractivity (Wildman–Crippen MR) is 93.6 cm³/mol. The molecule has 140 valence electrons. The standard InChI is InChI=1S/C18H28N2O5/c1-10(2)7-8-19-14(21)9-24-18(23)16-12(5)15(13(6)20-16)17(22)25-11(3)4/h10-11,20H,7-9H2,1-6H3,(H,19,21). The molecule has 0 saturated heterocycles. The molecule has 1 rings (SSSR count). The van der Waals surface area contributed by atoms with Gasteiger partial charge in [0.05, 0.1) is 11.7 Å². The van der Waals surface area contributed by atoms with Crippen LogP contribution in [0.2, 0.25) is 0 Å². The van der Waals surface area contributed by atoms with Gasteiger partial charge in [0, 0.05) is 12.2 Å². The number of ether oxygens (including phenoxy) is 2. The lowest BCUT2D eigenvalue weighted by Gasteiger charge is -2.09. The quantitative estimate of drug-likeness (QED) is 0.701. The highest BCUT2D eigenvalue weighted by Gasteiger charge is 2.24. The number of rotatable bonds is 8. The molecular weight excluding hydrogens is 324 g/mol. The maximum absolute atomic E-state index is 12.2. The number of aryl methyl sites for hydroxylation is 1. The van der Waals surface area contributed by atoms with Crippen LogP contribution in [0.25, 0.3) is 0 Å². The van der Waals surface area contributed by atoms with E-state index in [1.807, 2.05) is 0 Å². The number of H-pyrrole nitrogens is 1. The molecule has 0 spiro atoms. The van der Waals surface area contributed by atoms with E-state index in [0.717, 1.165) is 6.42 Å². The van der Waals surface area contributed by atoms with Crippen LogP contribution in [-0.2, 0) is 14.3 Å². The molecular formula is C18H28N2O5. The van der Waals surface area contributed by atoms with Crippen molar-refractivity contribution in [3.05, 3.63) is 22.5 Å². The first kappa shape index (κ1) is 20.7. The zero-order valence-electron chi connectivity index (χ0n) is 15.8. The van der Waals surface area contributed by atoms with E-state index in [9.17, 15) is 14.4 Å². The van der Waals surface area contributed by atoms with Crippen molar-refractivity contribution in [1.29, 1.82) is 0 Å². The van der Waals surface area contributed by atoms with Crippen LogP contribution in [0.5, 0.6) is 0 Å². The van der Waals surface area contributed by atoms with Crippen LogP contribution in [0.4, 0.5) is 0 Å². The third kappa shape index (κ3) is 6.25. The Hall–Kier alpha value is -2.31. The van der Waals surface area contributed by atoms with Crippen LogP contribution in [0.3, 0.4) is 0 Å². The molecule has 0 aliphatic rings. The van der Waals surface area contributed by atoms with Crippen LogP contribution < -0.4 is 5.32 Å². The van der Waals surface area contributed by atoms with Crippen molar-refractivity contribution < 1.29 is 23.9 Å². The summed E-state index contributed by atoms with van der Waals surface area (Å²) >= 11 is 0. The summed E-state index contributed by atoms with van der Waals surface area (Å²) < 4.78 is 10.2. The Bertz CT molecular complexity index is 632. The molecule has 1 aromatic heterocycles. The topological polar surface area (TPSA) is 97.5 Å².